The molecule has 0 fully saturated rings. The summed E-state index contributed by atoms with van der Waals surface area (Å²) in [6, 6.07) is 7.77. The van der Waals surface area contributed by atoms with Crippen molar-refractivity contribution in [3.63, 3.8) is 0 Å². The molecule has 1 unspecified atom stereocenters. The summed E-state index contributed by atoms with van der Waals surface area (Å²) in [7, 11) is 1.96. The van der Waals surface area contributed by atoms with Gasteiger partial charge in [-0.25, -0.2) is 0 Å². The molecule has 1 N–H and O–H groups in total. The van der Waals surface area contributed by atoms with E-state index < -0.39 is 0 Å². The Kier molecular flexibility index (Phi) is 3.30. The molecule has 1 aliphatic carbocycles. The number of carbonyl (C=O) groups excluding carboxylic acids is 1. The first kappa shape index (κ1) is 12.9. The van der Waals surface area contributed by atoms with Gasteiger partial charge in [0.05, 0.1) is 12.2 Å². The SMILES string of the molecule is Cc1cccc(C(=O)NC2CCCc3c2cnn3C)c1. The highest BCUT2D eigenvalue weighted by Crippen LogP contribution is 2.29. The maximum atomic E-state index is 12.3. The van der Waals surface area contributed by atoms with Crippen molar-refractivity contribution in [2.24, 2.45) is 7.05 Å². The number of aryl methyl sites for hydroxylation is 2. The highest BCUT2D eigenvalue weighted by molar-refractivity contribution is 5.94. The molecule has 0 saturated heterocycles. The molecular weight excluding hydrogens is 250 g/mol. The van der Waals surface area contributed by atoms with Gasteiger partial charge in [-0.2, -0.15) is 5.10 Å². The molecule has 4 heteroatoms. The molecule has 2 aromatic rings. The number of nitrogens with one attached hydrogen (secondary N) is 1. The molecule has 0 radical (unpaired) electrons. The lowest BCUT2D eigenvalue weighted by molar-refractivity contribution is 0.0932. The highest BCUT2D eigenvalue weighted by Gasteiger charge is 2.24. The van der Waals surface area contributed by atoms with Crippen molar-refractivity contribution in [2.75, 3.05) is 0 Å². The number of benzene rings is 1. The number of hydrogen-bond donors (Lipinski definition) is 1. The Morgan fingerprint density at radius 1 is 1.45 bits per heavy atom. The third-order valence-corrected chi connectivity index (χ3v) is 3.96. The van der Waals surface area contributed by atoms with Crippen LogP contribution in [0.5, 0.6) is 0 Å². The predicted octanol–water partition coefficient (Wildman–Crippen LogP) is 2.54. The van der Waals surface area contributed by atoms with Gasteiger partial charge in [-0.05, 0) is 38.3 Å². The number of hydrogen-bond acceptors (Lipinski definition) is 2. The van der Waals surface area contributed by atoms with Crippen LogP contribution < -0.4 is 5.32 Å². The average molecular weight is 269 g/mol. The lowest BCUT2D eigenvalue weighted by Gasteiger charge is -2.23. The molecule has 0 spiro atoms. The van der Waals surface area contributed by atoms with E-state index in [0.29, 0.717) is 0 Å². The Hall–Kier alpha value is -2.10. The second kappa shape index (κ2) is 5.12. The zero-order chi connectivity index (χ0) is 14.1. The Bertz CT molecular complexity index is 645. The van der Waals surface area contributed by atoms with Crippen molar-refractivity contribution < 1.29 is 4.79 Å². The topological polar surface area (TPSA) is 46.9 Å². The second-order valence-corrected chi connectivity index (χ2v) is 5.46. The molecule has 1 aromatic carbocycles. The van der Waals surface area contributed by atoms with E-state index in [-0.39, 0.29) is 11.9 Å². The van der Waals surface area contributed by atoms with Gasteiger partial charge < -0.3 is 5.32 Å². The monoisotopic (exact) mass is 269 g/mol. The fourth-order valence-electron chi connectivity index (χ4n) is 2.88. The minimum atomic E-state index is -0.00426. The molecule has 3 rings (SSSR count). The quantitative estimate of drug-likeness (QED) is 0.910. The van der Waals surface area contributed by atoms with Crippen molar-refractivity contribution in [2.45, 2.75) is 32.2 Å². The van der Waals surface area contributed by atoms with Crippen LogP contribution in [-0.4, -0.2) is 15.7 Å². The Morgan fingerprint density at radius 3 is 3.10 bits per heavy atom. The van der Waals surface area contributed by atoms with Gasteiger partial charge in [0.1, 0.15) is 0 Å². The minimum absolute atomic E-state index is 0.00426. The van der Waals surface area contributed by atoms with Crippen molar-refractivity contribution in [3.05, 3.63) is 52.8 Å². The molecule has 0 saturated carbocycles. The maximum Gasteiger partial charge on any atom is 0.251 e. The first-order valence-corrected chi connectivity index (χ1v) is 7.03. The molecule has 0 aliphatic heterocycles. The van der Waals surface area contributed by atoms with E-state index >= 15 is 0 Å². The number of aromatic nitrogens is 2. The summed E-state index contributed by atoms with van der Waals surface area (Å²) in [5.41, 5.74) is 4.23. The Labute approximate surface area is 118 Å². The minimum Gasteiger partial charge on any atom is -0.345 e. The Morgan fingerprint density at radius 2 is 2.30 bits per heavy atom. The van der Waals surface area contributed by atoms with Gasteiger partial charge in [-0.1, -0.05) is 17.7 Å². The summed E-state index contributed by atoms with van der Waals surface area (Å²) in [5.74, 6) is -0.00426. The maximum absolute atomic E-state index is 12.3. The number of amides is 1. The largest absolute Gasteiger partial charge is 0.345 e. The van der Waals surface area contributed by atoms with E-state index in [1.54, 1.807) is 0 Å². The molecule has 104 valence electrons. The number of nitrogens with zero attached hydrogens (tertiary/aromatic N) is 2. The van der Waals surface area contributed by atoms with Crippen LogP contribution in [0.25, 0.3) is 0 Å². The Balaban J connectivity index is 1.80. The van der Waals surface area contributed by atoms with Crippen LogP contribution >= 0.6 is 0 Å². The molecule has 4 nitrogen and oxygen atoms in total. The lowest BCUT2D eigenvalue weighted by Crippen LogP contribution is -2.31. The number of rotatable bonds is 2. The highest BCUT2D eigenvalue weighted by atomic mass is 16.1. The summed E-state index contributed by atoms with van der Waals surface area (Å²) in [5, 5.41) is 7.45. The van der Waals surface area contributed by atoms with Gasteiger partial charge in [0.15, 0.2) is 0 Å². The zero-order valence-electron chi connectivity index (χ0n) is 11.9. The number of carbonyl (C=O) groups is 1. The summed E-state index contributed by atoms with van der Waals surface area (Å²) < 4.78 is 1.92. The molecule has 1 aromatic heterocycles. The normalized spacial score (nSPS) is 17.6. The van der Waals surface area contributed by atoms with Gasteiger partial charge in [-0.15, -0.1) is 0 Å². The predicted molar refractivity (Wildman–Crippen MR) is 77.5 cm³/mol. The first-order chi connectivity index (χ1) is 9.65. The van der Waals surface area contributed by atoms with Crippen molar-refractivity contribution in [1.82, 2.24) is 15.1 Å². The van der Waals surface area contributed by atoms with E-state index in [1.807, 2.05) is 49.1 Å². The van der Waals surface area contributed by atoms with Crippen LogP contribution in [0.4, 0.5) is 0 Å². The third kappa shape index (κ3) is 2.33. The van der Waals surface area contributed by atoms with Crippen LogP contribution in [0.1, 0.15) is 46.1 Å². The van der Waals surface area contributed by atoms with Crippen LogP contribution in [0, 0.1) is 6.92 Å². The van der Waals surface area contributed by atoms with E-state index in [4.69, 9.17) is 0 Å². The fraction of sp³-hybridized carbons (Fsp3) is 0.375. The van der Waals surface area contributed by atoms with Crippen molar-refractivity contribution >= 4 is 5.91 Å². The smallest absolute Gasteiger partial charge is 0.251 e. The van der Waals surface area contributed by atoms with Gasteiger partial charge >= 0.3 is 0 Å². The van der Waals surface area contributed by atoms with Crippen LogP contribution in [0.15, 0.2) is 30.5 Å². The van der Waals surface area contributed by atoms with E-state index in [1.165, 1.54) is 11.3 Å². The molecule has 0 bridgehead atoms. The van der Waals surface area contributed by atoms with Crippen LogP contribution in [0.3, 0.4) is 0 Å². The molecule has 1 aliphatic rings. The molecule has 1 atom stereocenters. The van der Waals surface area contributed by atoms with Gasteiger partial charge in [0, 0.05) is 23.9 Å². The third-order valence-electron chi connectivity index (χ3n) is 3.96. The van der Waals surface area contributed by atoms with E-state index in [0.717, 1.165) is 30.4 Å². The van der Waals surface area contributed by atoms with Gasteiger partial charge in [0.25, 0.3) is 5.91 Å². The van der Waals surface area contributed by atoms with E-state index in [9.17, 15) is 4.79 Å². The average Bonchev–Trinajstić information content (AvgIpc) is 2.82. The van der Waals surface area contributed by atoms with Gasteiger partial charge in [0.2, 0.25) is 0 Å². The fourth-order valence-corrected chi connectivity index (χ4v) is 2.88. The second-order valence-electron chi connectivity index (χ2n) is 5.46. The van der Waals surface area contributed by atoms with Crippen LogP contribution in [-0.2, 0) is 13.5 Å². The van der Waals surface area contributed by atoms with Gasteiger partial charge in [-0.3, -0.25) is 9.48 Å². The molecule has 20 heavy (non-hydrogen) atoms. The summed E-state index contributed by atoms with van der Waals surface area (Å²) in [4.78, 5) is 12.3. The summed E-state index contributed by atoms with van der Waals surface area (Å²) in [6.07, 6.45) is 5.00. The summed E-state index contributed by atoms with van der Waals surface area (Å²) >= 11 is 0. The van der Waals surface area contributed by atoms with Crippen molar-refractivity contribution in [3.8, 4) is 0 Å². The lowest BCUT2D eigenvalue weighted by atomic mass is 9.92. The molecule has 1 amide bonds. The molecule has 1 heterocycles. The standard InChI is InChI=1S/C16H19N3O/c1-11-5-3-6-12(9-11)16(20)18-14-7-4-8-15-13(14)10-17-19(15)2/h3,5-6,9-10,14H,4,7-8H2,1-2H3,(H,18,20). The van der Waals surface area contributed by atoms with Crippen LogP contribution in [0.2, 0.25) is 0 Å². The summed E-state index contributed by atoms with van der Waals surface area (Å²) in [6.45, 7) is 2.00. The van der Waals surface area contributed by atoms with E-state index in [2.05, 4.69) is 10.4 Å². The van der Waals surface area contributed by atoms with Crippen molar-refractivity contribution in [1.29, 1.82) is 0 Å². The first-order valence-electron chi connectivity index (χ1n) is 7.03. The molecular formula is C16H19N3O. The zero-order valence-corrected chi connectivity index (χ0v) is 11.9. The number of fused-ring (bicyclic) bond motifs is 1.